The molecule has 0 aromatic carbocycles. The molecular formula is C14H19Cl2N3O. The molecular weight excluding hydrogens is 297 g/mol. The summed E-state index contributed by atoms with van der Waals surface area (Å²) in [5.74, 6) is -0.0762. The number of rotatable bonds is 1. The third kappa shape index (κ3) is 3.43. The number of carbonyl (C=O) groups excluding carboxylic acids is 1. The molecule has 110 valence electrons. The zero-order valence-electron chi connectivity index (χ0n) is 12.0. The van der Waals surface area contributed by atoms with E-state index in [-0.39, 0.29) is 16.6 Å². The summed E-state index contributed by atoms with van der Waals surface area (Å²) in [6.07, 6.45) is 0. The van der Waals surface area contributed by atoms with Crippen molar-refractivity contribution in [3.63, 3.8) is 0 Å². The smallest absolute Gasteiger partial charge is 0.257 e. The zero-order chi connectivity index (χ0) is 14.9. The van der Waals surface area contributed by atoms with Gasteiger partial charge in [0.15, 0.2) is 0 Å². The van der Waals surface area contributed by atoms with Crippen molar-refractivity contribution < 1.29 is 4.79 Å². The van der Waals surface area contributed by atoms with Crippen LogP contribution in [0, 0.1) is 0 Å². The van der Waals surface area contributed by atoms with E-state index >= 15 is 0 Å². The summed E-state index contributed by atoms with van der Waals surface area (Å²) in [6.45, 7) is 9.70. The van der Waals surface area contributed by atoms with Gasteiger partial charge in [0.2, 0.25) is 0 Å². The summed E-state index contributed by atoms with van der Waals surface area (Å²) < 4.78 is 0. The van der Waals surface area contributed by atoms with Crippen LogP contribution >= 0.6 is 23.2 Å². The zero-order valence-corrected chi connectivity index (χ0v) is 13.5. The predicted octanol–water partition coefficient (Wildman–Crippen LogP) is 2.94. The fourth-order valence-corrected chi connectivity index (χ4v) is 2.75. The lowest BCUT2D eigenvalue weighted by atomic mass is 10.0. The van der Waals surface area contributed by atoms with Gasteiger partial charge >= 0.3 is 0 Å². The largest absolute Gasteiger partial charge is 0.336 e. The standard InChI is InChI=1S/C14H19Cl2N3O/c1-14(2,3)19-8-6-18(7-9-19)13(20)10-4-5-11(15)17-12(10)16/h4-5H,6-9H2,1-3H3. The Morgan fingerprint density at radius 2 is 1.75 bits per heavy atom. The van der Waals surface area contributed by atoms with Gasteiger partial charge in [-0.3, -0.25) is 9.69 Å². The molecule has 4 nitrogen and oxygen atoms in total. The third-order valence-electron chi connectivity index (χ3n) is 3.56. The van der Waals surface area contributed by atoms with Crippen LogP contribution in [0.2, 0.25) is 10.3 Å². The molecule has 1 aliphatic heterocycles. The van der Waals surface area contributed by atoms with Gasteiger partial charge in [0, 0.05) is 31.7 Å². The predicted molar refractivity (Wildman–Crippen MR) is 81.5 cm³/mol. The minimum Gasteiger partial charge on any atom is -0.336 e. The molecule has 0 unspecified atom stereocenters. The minimum absolute atomic E-state index is 0.0762. The van der Waals surface area contributed by atoms with Crippen molar-refractivity contribution in [2.75, 3.05) is 26.2 Å². The number of hydrogen-bond acceptors (Lipinski definition) is 3. The molecule has 0 bridgehead atoms. The van der Waals surface area contributed by atoms with E-state index in [9.17, 15) is 4.79 Å². The molecule has 20 heavy (non-hydrogen) atoms. The number of carbonyl (C=O) groups is 1. The van der Waals surface area contributed by atoms with Crippen LogP contribution in [0.15, 0.2) is 12.1 Å². The second-order valence-corrected chi connectivity index (χ2v) is 6.67. The van der Waals surface area contributed by atoms with E-state index in [1.54, 1.807) is 12.1 Å². The summed E-state index contributed by atoms with van der Waals surface area (Å²) in [7, 11) is 0. The molecule has 0 atom stereocenters. The van der Waals surface area contributed by atoms with Crippen LogP contribution in [0.3, 0.4) is 0 Å². The van der Waals surface area contributed by atoms with Gasteiger partial charge in [0.05, 0.1) is 5.56 Å². The van der Waals surface area contributed by atoms with Gasteiger partial charge in [0.25, 0.3) is 5.91 Å². The quantitative estimate of drug-likeness (QED) is 0.748. The van der Waals surface area contributed by atoms with Crippen LogP contribution in [0.5, 0.6) is 0 Å². The number of aromatic nitrogens is 1. The van der Waals surface area contributed by atoms with Gasteiger partial charge in [0.1, 0.15) is 10.3 Å². The molecule has 0 aliphatic carbocycles. The Kier molecular flexibility index (Phi) is 4.57. The fraction of sp³-hybridized carbons (Fsp3) is 0.571. The second kappa shape index (κ2) is 5.88. The Morgan fingerprint density at radius 1 is 1.15 bits per heavy atom. The van der Waals surface area contributed by atoms with Crippen molar-refractivity contribution in [1.29, 1.82) is 0 Å². The Bertz CT molecular complexity index is 506. The maximum atomic E-state index is 12.4. The first-order valence-electron chi connectivity index (χ1n) is 6.65. The van der Waals surface area contributed by atoms with Crippen LogP contribution in [0.4, 0.5) is 0 Å². The van der Waals surface area contributed by atoms with Gasteiger partial charge in [-0.1, -0.05) is 23.2 Å². The maximum Gasteiger partial charge on any atom is 0.257 e. The van der Waals surface area contributed by atoms with Crippen molar-refractivity contribution in [2.45, 2.75) is 26.3 Å². The average molecular weight is 316 g/mol. The van der Waals surface area contributed by atoms with Gasteiger partial charge in [-0.2, -0.15) is 0 Å². The molecule has 1 amide bonds. The summed E-state index contributed by atoms with van der Waals surface area (Å²) in [5.41, 5.74) is 0.550. The Balaban J connectivity index is 2.05. The van der Waals surface area contributed by atoms with Crippen molar-refractivity contribution in [1.82, 2.24) is 14.8 Å². The molecule has 1 aromatic rings. The first kappa shape index (κ1) is 15.5. The molecule has 2 heterocycles. The summed E-state index contributed by atoms with van der Waals surface area (Å²) in [5, 5.41) is 0.463. The van der Waals surface area contributed by atoms with Crippen LogP contribution in [-0.4, -0.2) is 52.4 Å². The highest BCUT2D eigenvalue weighted by Crippen LogP contribution is 2.21. The SMILES string of the molecule is CC(C)(C)N1CCN(C(=O)c2ccc(Cl)nc2Cl)CC1. The lowest BCUT2D eigenvalue weighted by Crippen LogP contribution is -2.54. The molecule has 0 N–H and O–H groups in total. The van der Waals surface area contributed by atoms with E-state index in [1.807, 2.05) is 4.90 Å². The van der Waals surface area contributed by atoms with Gasteiger partial charge in [-0.05, 0) is 32.9 Å². The monoisotopic (exact) mass is 315 g/mol. The minimum atomic E-state index is -0.0762. The highest BCUT2D eigenvalue weighted by Gasteiger charge is 2.29. The highest BCUT2D eigenvalue weighted by molar-refractivity contribution is 6.34. The number of halogens is 2. The van der Waals surface area contributed by atoms with Gasteiger partial charge in [-0.25, -0.2) is 4.98 Å². The van der Waals surface area contributed by atoms with Crippen LogP contribution < -0.4 is 0 Å². The van der Waals surface area contributed by atoms with Gasteiger partial charge < -0.3 is 4.90 Å². The highest BCUT2D eigenvalue weighted by atomic mass is 35.5. The van der Waals surface area contributed by atoms with Crippen LogP contribution in [-0.2, 0) is 0 Å². The molecule has 0 spiro atoms. The van der Waals surface area contributed by atoms with Crippen molar-refractivity contribution in [3.05, 3.63) is 28.0 Å². The van der Waals surface area contributed by atoms with Crippen LogP contribution in [0.25, 0.3) is 0 Å². The van der Waals surface area contributed by atoms with Crippen LogP contribution in [0.1, 0.15) is 31.1 Å². The normalized spacial score (nSPS) is 17.4. The third-order valence-corrected chi connectivity index (χ3v) is 4.06. The van der Waals surface area contributed by atoms with E-state index in [0.29, 0.717) is 23.8 Å². The Hall–Kier alpha value is -0.840. The summed E-state index contributed by atoms with van der Waals surface area (Å²) >= 11 is 11.7. The van der Waals surface area contributed by atoms with Crippen molar-refractivity contribution in [3.8, 4) is 0 Å². The molecule has 1 aliphatic rings. The number of piperazine rings is 1. The number of pyridine rings is 1. The second-order valence-electron chi connectivity index (χ2n) is 5.92. The van der Waals surface area contributed by atoms with E-state index < -0.39 is 0 Å². The van der Waals surface area contributed by atoms with E-state index in [1.165, 1.54) is 0 Å². The molecule has 1 saturated heterocycles. The van der Waals surface area contributed by atoms with E-state index in [2.05, 4.69) is 30.7 Å². The summed E-state index contributed by atoms with van der Waals surface area (Å²) in [4.78, 5) is 20.5. The topological polar surface area (TPSA) is 36.4 Å². The first-order valence-corrected chi connectivity index (χ1v) is 7.41. The fourth-order valence-electron chi connectivity index (χ4n) is 2.32. The number of hydrogen-bond donors (Lipinski definition) is 0. The van der Waals surface area contributed by atoms with Crippen molar-refractivity contribution >= 4 is 29.1 Å². The Labute approximate surface area is 129 Å². The molecule has 2 rings (SSSR count). The van der Waals surface area contributed by atoms with E-state index in [0.717, 1.165) is 13.1 Å². The number of nitrogens with zero attached hydrogens (tertiary/aromatic N) is 3. The molecule has 0 radical (unpaired) electrons. The van der Waals surface area contributed by atoms with E-state index in [4.69, 9.17) is 23.2 Å². The Morgan fingerprint density at radius 3 is 2.25 bits per heavy atom. The van der Waals surface area contributed by atoms with Crippen molar-refractivity contribution in [2.24, 2.45) is 0 Å². The van der Waals surface area contributed by atoms with Gasteiger partial charge in [-0.15, -0.1) is 0 Å². The lowest BCUT2D eigenvalue weighted by molar-refractivity contribution is 0.0451. The number of amides is 1. The molecule has 1 aromatic heterocycles. The first-order chi connectivity index (χ1) is 9.29. The lowest BCUT2D eigenvalue weighted by Gasteiger charge is -2.42. The molecule has 6 heteroatoms. The summed E-state index contributed by atoms with van der Waals surface area (Å²) in [6, 6.07) is 3.22. The molecule has 0 saturated carbocycles. The molecule has 1 fully saturated rings. The maximum absolute atomic E-state index is 12.4. The average Bonchev–Trinajstić information content (AvgIpc) is 2.37.